The molecule has 8 heteroatoms. The molecule has 134 valence electrons. The summed E-state index contributed by atoms with van der Waals surface area (Å²) in [5.74, 6) is 1.60. The Kier molecular flexibility index (Phi) is 5.43. The lowest BCUT2D eigenvalue weighted by atomic mass is 10.2. The van der Waals surface area contributed by atoms with Gasteiger partial charge >= 0.3 is 0 Å². The van der Waals surface area contributed by atoms with E-state index in [1.165, 1.54) is 0 Å². The number of ether oxygens (including phenoxy) is 2. The van der Waals surface area contributed by atoms with Gasteiger partial charge in [0, 0.05) is 24.4 Å². The second-order valence-electron chi connectivity index (χ2n) is 5.35. The minimum absolute atomic E-state index is 0.0156. The van der Waals surface area contributed by atoms with E-state index in [2.05, 4.69) is 20.5 Å². The number of benzene rings is 1. The maximum Gasteiger partial charge on any atom is 0.266 e. The number of nitrogens with one attached hydrogen (secondary N) is 1. The maximum atomic E-state index is 12.1. The number of hydrogen-bond acceptors (Lipinski definition) is 7. The second kappa shape index (κ2) is 8.11. The summed E-state index contributed by atoms with van der Waals surface area (Å²) in [6.07, 6.45) is 1.62. The van der Waals surface area contributed by atoms with E-state index in [-0.39, 0.29) is 24.1 Å². The predicted octanol–water partition coefficient (Wildman–Crippen LogP) is 2.01. The number of nitrogens with zero attached hydrogens (tertiary/aromatic N) is 3. The minimum Gasteiger partial charge on any atom is -0.497 e. The van der Waals surface area contributed by atoms with Crippen molar-refractivity contribution in [1.29, 1.82) is 0 Å². The molecule has 1 N–H and O–H groups in total. The van der Waals surface area contributed by atoms with Crippen LogP contribution in [0.3, 0.4) is 0 Å². The van der Waals surface area contributed by atoms with Crippen LogP contribution < -0.4 is 14.8 Å². The van der Waals surface area contributed by atoms with Crippen LogP contribution in [0.1, 0.15) is 11.5 Å². The maximum absolute atomic E-state index is 12.1. The lowest BCUT2D eigenvalue weighted by Crippen LogP contribution is -2.24. The van der Waals surface area contributed by atoms with Crippen molar-refractivity contribution in [3.8, 4) is 23.1 Å². The van der Waals surface area contributed by atoms with Crippen molar-refractivity contribution >= 4 is 5.91 Å². The Hall–Kier alpha value is -3.42. The molecule has 26 heavy (non-hydrogen) atoms. The Balaban J connectivity index is 1.59. The normalized spacial score (nSPS) is 10.4. The van der Waals surface area contributed by atoms with Crippen LogP contribution in [0.25, 0.3) is 11.6 Å². The fourth-order valence-corrected chi connectivity index (χ4v) is 2.31. The van der Waals surface area contributed by atoms with Crippen molar-refractivity contribution in [2.45, 2.75) is 13.0 Å². The van der Waals surface area contributed by atoms with Gasteiger partial charge in [-0.25, -0.2) is 0 Å². The summed E-state index contributed by atoms with van der Waals surface area (Å²) in [7, 11) is 3.15. The first-order chi connectivity index (χ1) is 12.7. The molecule has 8 nitrogen and oxygen atoms in total. The summed E-state index contributed by atoms with van der Waals surface area (Å²) in [6, 6.07) is 10.8. The average molecular weight is 354 g/mol. The molecule has 3 aromatic rings. The molecule has 1 amide bonds. The molecule has 0 unspecified atom stereocenters. The van der Waals surface area contributed by atoms with Gasteiger partial charge in [0.05, 0.1) is 14.2 Å². The molecule has 2 heterocycles. The van der Waals surface area contributed by atoms with Gasteiger partial charge in [-0.2, -0.15) is 0 Å². The molecule has 0 atom stereocenters. The molecular formula is C18H18N4O4. The number of methoxy groups -OCH3 is 2. The van der Waals surface area contributed by atoms with Crippen LogP contribution in [-0.4, -0.2) is 35.3 Å². The summed E-state index contributed by atoms with van der Waals surface area (Å²) in [4.78, 5) is 16.3. The molecule has 0 aliphatic rings. The first kappa shape index (κ1) is 17.4. The van der Waals surface area contributed by atoms with Gasteiger partial charge in [0.1, 0.15) is 23.6 Å². The average Bonchev–Trinajstić information content (AvgIpc) is 3.15. The molecule has 0 fully saturated rings. The quantitative estimate of drug-likeness (QED) is 0.693. The fraction of sp³-hybridized carbons (Fsp3) is 0.222. The highest BCUT2D eigenvalue weighted by atomic mass is 16.5. The Morgan fingerprint density at radius 3 is 2.77 bits per heavy atom. The van der Waals surface area contributed by atoms with E-state index in [9.17, 15) is 4.79 Å². The Labute approximate surface area is 150 Å². The van der Waals surface area contributed by atoms with Crippen LogP contribution >= 0.6 is 0 Å². The smallest absolute Gasteiger partial charge is 0.266 e. The van der Waals surface area contributed by atoms with Crippen molar-refractivity contribution < 1.29 is 18.7 Å². The third kappa shape index (κ3) is 4.15. The molecule has 1 aromatic carbocycles. The van der Waals surface area contributed by atoms with Crippen LogP contribution in [0, 0.1) is 0 Å². The van der Waals surface area contributed by atoms with Crippen LogP contribution in [0.4, 0.5) is 0 Å². The highest BCUT2D eigenvalue weighted by Gasteiger charge is 2.13. The molecule has 0 saturated heterocycles. The standard InChI is InChI=1S/C18H18N4O4/c1-24-13-7-6-12(15(9-13)25-2)11-20-16(23)10-17-21-22-18(26-17)14-5-3-4-8-19-14/h3-9H,10-11H2,1-2H3,(H,20,23). The van der Waals surface area contributed by atoms with Crippen LogP contribution in [0.2, 0.25) is 0 Å². The highest BCUT2D eigenvalue weighted by molar-refractivity contribution is 5.77. The summed E-state index contributed by atoms with van der Waals surface area (Å²) in [5.41, 5.74) is 1.40. The number of aromatic nitrogens is 3. The summed E-state index contributed by atoms with van der Waals surface area (Å²) in [6.45, 7) is 0.313. The summed E-state index contributed by atoms with van der Waals surface area (Å²) < 4.78 is 15.9. The number of amides is 1. The zero-order valence-corrected chi connectivity index (χ0v) is 14.4. The number of carbonyl (C=O) groups excluding carboxylic acids is 1. The van der Waals surface area contributed by atoms with Gasteiger partial charge in [-0.05, 0) is 24.3 Å². The van der Waals surface area contributed by atoms with Crippen molar-refractivity contribution in [1.82, 2.24) is 20.5 Å². The van der Waals surface area contributed by atoms with Crippen molar-refractivity contribution in [3.63, 3.8) is 0 Å². The van der Waals surface area contributed by atoms with Crippen molar-refractivity contribution in [2.75, 3.05) is 14.2 Å². The third-order valence-corrected chi connectivity index (χ3v) is 3.63. The van der Waals surface area contributed by atoms with E-state index in [4.69, 9.17) is 13.9 Å². The third-order valence-electron chi connectivity index (χ3n) is 3.63. The minimum atomic E-state index is -0.237. The summed E-state index contributed by atoms with van der Waals surface area (Å²) >= 11 is 0. The fourth-order valence-electron chi connectivity index (χ4n) is 2.31. The molecule has 0 radical (unpaired) electrons. The zero-order chi connectivity index (χ0) is 18.4. The van der Waals surface area contributed by atoms with E-state index >= 15 is 0 Å². The van der Waals surface area contributed by atoms with E-state index in [1.54, 1.807) is 44.7 Å². The second-order valence-corrected chi connectivity index (χ2v) is 5.35. The number of pyridine rings is 1. The number of carbonyl (C=O) groups is 1. The first-order valence-corrected chi connectivity index (χ1v) is 7.91. The Bertz CT molecular complexity index is 880. The Morgan fingerprint density at radius 1 is 1.15 bits per heavy atom. The van der Waals surface area contributed by atoms with E-state index in [1.807, 2.05) is 12.1 Å². The van der Waals surface area contributed by atoms with Crippen molar-refractivity contribution in [2.24, 2.45) is 0 Å². The monoisotopic (exact) mass is 354 g/mol. The topological polar surface area (TPSA) is 99.4 Å². The van der Waals surface area contributed by atoms with Gasteiger partial charge in [0.25, 0.3) is 5.89 Å². The van der Waals surface area contributed by atoms with Crippen molar-refractivity contribution in [3.05, 3.63) is 54.0 Å². The van der Waals surface area contributed by atoms with Gasteiger partial charge in [-0.15, -0.1) is 10.2 Å². The first-order valence-electron chi connectivity index (χ1n) is 7.91. The van der Waals surface area contributed by atoms with Gasteiger partial charge in [0.2, 0.25) is 11.8 Å². The zero-order valence-electron chi connectivity index (χ0n) is 14.4. The van der Waals surface area contributed by atoms with Gasteiger partial charge in [-0.3, -0.25) is 9.78 Å². The number of hydrogen-bond donors (Lipinski definition) is 1. The van der Waals surface area contributed by atoms with E-state index in [0.717, 1.165) is 5.56 Å². The lowest BCUT2D eigenvalue weighted by molar-refractivity contribution is -0.120. The molecule has 2 aromatic heterocycles. The molecule has 0 spiro atoms. The SMILES string of the molecule is COc1ccc(CNC(=O)Cc2nnc(-c3ccccn3)o2)c(OC)c1. The van der Waals surface area contributed by atoms with Gasteiger partial charge in [0.15, 0.2) is 0 Å². The predicted molar refractivity (Wildman–Crippen MR) is 92.6 cm³/mol. The molecule has 0 aliphatic heterocycles. The molecular weight excluding hydrogens is 336 g/mol. The molecule has 3 rings (SSSR count). The highest BCUT2D eigenvalue weighted by Crippen LogP contribution is 2.24. The van der Waals surface area contributed by atoms with E-state index in [0.29, 0.717) is 23.7 Å². The largest absolute Gasteiger partial charge is 0.497 e. The van der Waals surface area contributed by atoms with Gasteiger partial charge < -0.3 is 19.2 Å². The summed E-state index contributed by atoms with van der Waals surface area (Å²) in [5, 5.41) is 10.6. The number of rotatable bonds is 7. The van der Waals surface area contributed by atoms with Crippen LogP contribution in [0.15, 0.2) is 47.0 Å². The molecule has 0 saturated carbocycles. The molecule has 0 aliphatic carbocycles. The Morgan fingerprint density at radius 2 is 2.04 bits per heavy atom. The van der Waals surface area contributed by atoms with E-state index < -0.39 is 0 Å². The van der Waals surface area contributed by atoms with Gasteiger partial charge in [-0.1, -0.05) is 6.07 Å². The van der Waals surface area contributed by atoms with Crippen LogP contribution in [0.5, 0.6) is 11.5 Å². The lowest BCUT2D eigenvalue weighted by Gasteiger charge is -2.11. The molecule has 0 bridgehead atoms. The van der Waals surface area contributed by atoms with Crippen LogP contribution in [-0.2, 0) is 17.8 Å².